The van der Waals surface area contributed by atoms with Gasteiger partial charge in [0.2, 0.25) is 5.91 Å². The molecule has 0 unspecified atom stereocenters. The van der Waals surface area contributed by atoms with E-state index in [2.05, 4.69) is 48.4 Å². The minimum absolute atomic E-state index is 0.0569. The van der Waals surface area contributed by atoms with Gasteiger partial charge in [-0.2, -0.15) is 0 Å². The number of benzene rings is 1. The molecule has 2 aromatic heterocycles. The van der Waals surface area contributed by atoms with Crippen molar-refractivity contribution in [1.82, 2.24) is 19.8 Å². The van der Waals surface area contributed by atoms with Gasteiger partial charge in [-0.3, -0.25) is 4.79 Å². The number of hydrogen-bond donors (Lipinski definition) is 2. The average molecular weight is 552 g/mol. The molecule has 0 fully saturated rings. The third-order valence-electron chi connectivity index (χ3n) is 7.91. The summed E-state index contributed by atoms with van der Waals surface area (Å²) in [6.07, 6.45) is 7.82. The molecule has 3 aromatic rings. The Morgan fingerprint density at radius 1 is 1.26 bits per heavy atom. The maximum atomic E-state index is 12.8. The van der Waals surface area contributed by atoms with Crippen molar-refractivity contribution in [2.75, 3.05) is 32.5 Å². The second kappa shape index (κ2) is 11.7. The molecular formula is C29H41N5O2SSi. The molecule has 1 amide bonds. The predicted molar refractivity (Wildman–Crippen MR) is 160 cm³/mol. The van der Waals surface area contributed by atoms with Gasteiger partial charge in [0.05, 0.1) is 18.0 Å². The van der Waals surface area contributed by atoms with E-state index in [0.29, 0.717) is 13.1 Å². The van der Waals surface area contributed by atoms with Gasteiger partial charge in [-0.15, -0.1) is 11.3 Å². The number of aromatic nitrogens is 2. The van der Waals surface area contributed by atoms with Crippen LogP contribution >= 0.6 is 11.3 Å². The zero-order valence-corrected chi connectivity index (χ0v) is 25.3. The Balaban J connectivity index is 1.59. The molecule has 9 heteroatoms. The molecule has 0 bridgehead atoms. The van der Waals surface area contributed by atoms with Gasteiger partial charge in [-0.1, -0.05) is 50.3 Å². The van der Waals surface area contributed by atoms with Crippen molar-refractivity contribution >= 4 is 41.6 Å². The first-order chi connectivity index (χ1) is 18.0. The number of rotatable bonds is 10. The fourth-order valence-electron chi connectivity index (χ4n) is 4.68. The van der Waals surface area contributed by atoms with Crippen LogP contribution in [0.25, 0.3) is 10.2 Å². The van der Waals surface area contributed by atoms with Crippen molar-refractivity contribution in [2.24, 2.45) is 0 Å². The van der Waals surface area contributed by atoms with E-state index in [9.17, 15) is 9.59 Å². The van der Waals surface area contributed by atoms with Crippen LogP contribution in [-0.4, -0.2) is 66.0 Å². The largest absolute Gasteiger partial charge is 0.432 e. The highest BCUT2D eigenvalue weighted by Gasteiger charge is 2.38. The lowest BCUT2D eigenvalue weighted by Gasteiger charge is -2.36. The number of amides is 1. The molecule has 0 saturated carbocycles. The summed E-state index contributed by atoms with van der Waals surface area (Å²) in [5.41, 5.74) is 2.46. The first-order valence-electron chi connectivity index (χ1n) is 13.4. The van der Waals surface area contributed by atoms with Gasteiger partial charge in [0.15, 0.2) is 8.32 Å². The molecule has 1 aliphatic rings. The van der Waals surface area contributed by atoms with E-state index >= 15 is 0 Å². The van der Waals surface area contributed by atoms with Gasteiger partial charge in [0.25, 0.3) is 0 Å². The first kappa shape index (κ1) is 28.4. The standard InChI is InChI=1S/C29H41N5O2SSi/c1-29(2,38(5,6)36)16-14-23(21-11-8-7-9-12-21)32-27-26-22-15-18-34(25(35)13-10-17-33(3)4)19-24(22)37-28(26)31-20-30-27/h7-13,20,23,36H,14-19H2,1-6H3,(H,30,31,32)/b13-10+/t23-/m1/s1. The fraction of sp³-hybridized carbons (Fsp3) is 0.483. The molecule has 38 heavy (non-hydrogen) atoms. The van der Waals surface area contributed by atoms with Crippen LogP contribution in [0.5, 0.6) is 0 Å². The lowest BCUT2D eigenvalue weighted by atomic mass is 9.96. The van der Waals surface area contributed by atoms with Crippen molar-refractivity contribution < 1.29 is 9.59 Å². The quantitative estimate of drug-likeness (QED) is 0.252. The third-order valence-corrected chi connectivity index (χ3v) is 12.6. The molecule has 1 atom stereocenters. The summed E-state index contributed by atoms with van der Waals surface area (Å²) in [6.45, 7) is 10.4. The number of thiophene rings is 1. The second-order valence-electron chi connectivity index (χ2n) is 11.7. The zero-order valence-electron chi connectivity index (χ0n) is 23.5. The minimum atomic E-state index is -2.32. The summed E-state index contributed by atoms with van der Waals surface area (Å²) in [5, 5.41) is 4.74. The van der Waals surface area contributed by atoms with E-state index in [1.165, 1.54) is 16.0 Å². The van der Waals surface area contributed by atoms with Crippen molar-refractivity contribution in [2.45, 2.75) is 63.8 Å². The van der Waals surface area contributed by atoms with Crippen molar-refractivity contribution in [3.63, 3.8) is 0 Å². The van der Waals surface area contributed by atoms with Crippen LogP contribution < -0.4 is 5.32 Å². The van der Waals surface area contributed by atoms with Crippen LogP contribution in [0.15, 0.2) is 48.8 Å². The number of fused-ring (bicyclic) bond motifs is 3. The first-order valence-corrected chi connectivity index (χ1v) is 17.1. The van der Waals surface area contributed by atoms with E-state index in [-0.39, 0.29) is 17.0 Å². The summed E-state index contributed by atoms with van der Waals surface area (Å²) in [6, 6.07) is 10.5. The fourth-order valence-corrected chi connectivity index (χ4v) is 6.64. The monoisotopic (exact) mass is 551 g/mol. The van der Waals surface area contributed by atoms with E-state index < -0.39 is 8.32 Å². The smallest absolute Gasteiger partial charge is 0.246 e. The molecule has 1 aromatic carbocycles. The maximum absolute atomic E-state index is 12.8. The Kier molecular flexibility index (Phi) is 8.71. The Morgan fingerprint density at radius 3 is 2.68 bits per heavy atom. The summed E-state index contributed by atoms with van der Waals surface area (Å²) in [7, 11) is 1.66. The predicted octanol–water partition coefficient (Wildman–Crippen LogP) is 5.60. The van der Waals surface area contributed by atoms with Crippen molar-refractivity contribution in [1.29, 1.82) is 0 Å². The zero-order chi connectivity index (χ0) is 27.5. The molecule has 2 N–H and O–H groups in total. The number of nitrogens with zero attached hydrogens (tertiary/aromatic N) is 4. The SMILES string of the molecule is CN(C)C/C=C/C(=O)N1CCc2c(sc3ncnc(N[C@H](CCC(C)(C)[Si](C)(C)O)c4ccccc4)c23)C1. The number of carbonyl (C=O) groups excluding carboxylic acids is 1. The lowest BCUT2D eigenvalue weighted by Crippen LogP contribution is -2.39. The van der Waals surface area contributed by atoms with Gasteiger partial charge in [-0.05, 0) is 62.6 Å². The van der Waals surface area contributed by atoms with Crippen LogP contribution in [0, 0.1) is 0 Å². The van der Waals surface area contributed by atoms with Crippen LogP contribution in [0.4, 0.5) is 5.82 Å². The Bertz CT molecular complexity index is 1280. The summed E-state index contributed by atoms with van der Waals surface area (Å²) < 4.78 is 0. The molecule has 0 aliphatic carbocycles. The summed E-state index contributed by atoms with van der Waals surface area (Å²) >= 11 is 1.66. The van der Waals surface area contributed by atoms with Gasteiger partial charge < -0.3 is 19.9 Å². The van der Waals surface area contributed by atoms with E-state index in [1.54, 1.807) is 23.7 Å². The molecule has 204 valence electrons. The molecule has 0 saturated heterocycles. The van der Waals surface area contributed by atoms with Crippen LogP contribution in [0.1, 0.15) is 48.7 Å². The van der Waals surface area contributed by atoms with Crippen LogP contribution in [0.3, 0.4) is 0 Å². The average Bonchev–Trinajstić information content (AvgIpc) is 3.24. The third kappa shape index (κ3) is 6.51. The lowest BCUT2D eigenvalue weighted by molar-refractivity contribution is -0.126. The maximum Gasteiger partial charge on any atom is 0.246 e. The molecule has 0 spiro atoms. The molecule has 3 heterocycles. The van der Waals surface area contributed by atoms with Gasteiger partial charge in [0, 0.05) is 24.0 Å². The van der Waals surface area contributed by atoms with Crippen molar-refractivity contribution in [3.05, 3.63) is 64.8 Å². The van der Waals surface area contributed by atoms with Crippen molar-refractivity contribution in [3.8, 4) is 0 Å². The van der Waals surface area contributed by atoms with Gasteiger partial charge in [0.1, 0.15) is 17.0 Å². The number of hydrogen-bond acceptors (Lipinski definition) is 7. The molecule has 4 rings (SSSR count). The highest BCUT2D eigenvalue weighted by molar-refractivity contribution is 7.19. The van der Waals surface area contributed by atoms with E-state index in [1.807, 2.05) is 49.1 Å². The highest BCUT2D eigenvalue weighted by Crippen LogP contribution is 2.43. The molecule has 0 radical (unpaired) electrons. The number of nitrogens with one attached hydrogen (secondary N) is 1. The second-order valence-corrected chi connectivity index (χ2v) is 17.2. The Hall–Kier alpha value is -2.59. The summed E-state index contributed by atoms with van der Waals surface area (Å²) in [5.74, 6) is 0.909. The highest BCUT2D eigenvalue weighted by atomic mass is 32.1. The molecule has 1 aliphatic heterocycles. The van der Waals surface area contributed by atoms with Gasteiger partial charge >= 0.3 is 0 Å². The number of likely N-dealkylation sites (N-methyl/N-ethyl adjacent to an activating group) is 1. The Labute approximate surface area is 231 Å². The minimum Gasteiger partial charge on any atom is -0.432 e. The van der Waals surface area contributed by atoms with Crippen LogP contribution in [0.2, 0.25) is 18.1 Å². The Morgan fingerprint density at radius 2 is 2.00 bits per heavy atom. The topological polar surface area (TPSA) is 81.6 Å². The van der Waals surface area contributed by atoms with Crippen LogP contribution in [-0.2, 0) is 17.8 Å². The summed E-state index contributed by atoms with van der Waals surface area (Å²) in [4.78, 5) is 39.0. The van der Waals surface area contributed by atoms with E-state index in [0.717, 1.165) is 41.8 Å². The molecule has 7 nitrogen and oxygen atoms in total. The number of anilines is 1. The normalized spacial score (nSPS) is 15.3. The van der Waals surface area contributed by atoms with Gasteiger partial charge in [-0.25, -0.2) is 9.97 Å². The number of carbonyl (C=O) groups is 1. The molecular weight excluding hydrogens is 511 g/mol. The van der Waals surface area contributed by atoms with E-state index in [4.69, 9.17) is 4.98 Å².